The molecule has 96 valence electrons. The van der Waals surface area contributed by atoms with Crippen molar-refractivity contribution in [2.75, 3.05) is 13.2 Å². The van der Waals surface area contributed by atoms with Crippen LogP contribution in [0.15, 0.2) is 18.3 Å². The second kappa shape index (κ2) is 7.88. The van der Waals surface area contributed by atoms with Crippen LogP contribution in [0, 0.1) is 0 Å². The maximum Gasteiger partial charge on any atom is 0.129 e. The zero-order chi connectivity index (χ0) is 11.2. The number of aromatic nitrogens is 1. The first-order valence-corrected chi connectivity index (χ1v) is 6.14. The summed E-state index contributed by atoms with van der Waals surface area (Å²) in [6, 6.07) is 4.26. The fourth-order valence-electron chi connectivity index (χ4n) is 1.88. The molecule has 0 radical (unpaired) electrons. The summed E-state index contributed by atoms with van der Waals surface area (Å²) in [5, 5.41) is 3.98. The van der Waals surface area contributed by atoms with E-state index < -0.39 is 0 Å². The number of piperidine rings is 1. The topological polar surface area (TPSA) is 34.1 Å². The van der Waals surface area contributed by atoms with Gasteiger partial charge in [-0.05, 0) is 31.0 Å². The summed E-state index contributed by atoms with van der Waals surface area (Å²) in [5.41, 5.74) is 1.07. The molecule has 1 atom stereocenters. The van der Waals surface area contributed by atoms with Gasteiger partial charge in [0.2, 0.25) is 0 Å². The maximum atomic E-state index is 5.71. The molecule has 0 amide bonds. The summed E-state index contributed by atoms with van der Waals surface area (Å²) in [7, 11) is 0. The molecule has 17 heavy (non-hydrogen) atoms. The first-order valence-electron chi connectivity index (χ1n) is 5.76. The fourth-order valence-corrected chi connectivity index (χ4v) is 1.99. The molecule has 1 unspecified atom stereocenters. The molecule has 2 heterocycles. The Bertz CT molecular complexity index is 313. The second-order valence-electron chi connectivity index (χ2n) is 4.15. The van der Waals surface area contributed by atoms with Gasteiger partial charge in [0, 0.05) is 12.2 Å². The predicted octanol–water partition coefficient (Wildman–Crippen LogP) is 2.82. The largest absolute Gasteiger partial charge is 0.375 e. The molecule has 3 nitrogen and oxygen atoms in total. The second-order valence-corrected chi connectivity index (χ2v) is 4.54. The van der Waals surface area contributed by atoms with Crippen molar-refractivity contribution in [2.45, 2.75) is 31.9 Å². The molecule has 0 bridgehead atoms. The Hall–Kier alpha value is -0.350. The van der Waals surface area contributed by atoms with Gasteiger partial charge in [-0.25, -0.2) is 4.98 Å². The molecule has 1 aromatic rings. The summed E-state index contributed by atoms with van der Waals surface area (Å²) in [6.45, 7) is 2.52. The number of nitrogens with zero attached hydrogens (tertiary/aromatic N) is 1. The first-order chi connectivity index (χ1) is 7.84. The number of halogens is 2. The van der Waals surface area contributed by atoms with E-state index in [1.807, 2.05) is 6.07 Å². The van der Waals surface area contributed by atoms with Gasteiger partial charge < -0.3 is 10.1 Å². The molecule has 0 aliphatic carbocycles. The molecule has 1 aliphatic rings. The van der Waals surface area contributed by atoms with Gasteiger partial charge in [0.05, 0.1) is 13.2 Å². The van der Waals surface area contributed by atoms with Crippen molar-refractivity contribution in [2.24, 2.45) is 0 Å². The highest BCUT2D eigenvalue weighted by atomic mass is 35.5. The lowest BCUT2D eigenvalue weighted by Crippen LogP contribution is -2.37. The molecular weight excluding hydrogens is 259 g/mol. The van der Waals surface area contributed by atoms with Gasteiger partial charge in [0.25, 0.3) is 0 Å². The number of ether oxygens (including phenoxy) is 1. The van der Waals surface area contributed by atoms with Crippen LogP contribution in [0.5, 0.6) is 0 Å². The molecule has 1 aromatic heterocycles. The van der Waals surface area contributed by atoms with Gasteiger partial charge in [0.1, 0.15) is 5.15 Å². The van der Waals surface area contributed by atoms with E-state index in [0.29, 0.717) is 17.8 Å². The highest BCUT2D eigenvalue weighted by Crippen LogP contribution is 2.09. The van der Waals surface area contributed by atoms with Crippen LogP contribution < -0.4 is 5.32 Å². The van der Waals surface area contributed by atoms with Gasteiger partial charge in [-0.15, -0.1) is 12.4 Å². The van der Waals surface area contributed by atoms with Crippen LogP contribution in [0.2, 0.25) is 5.15 Å². The van der Waals surface area contributed by atoms with Crippen molar-refractivity contribution < 1.29 is 4.74 Å². The van der Waals surface area contributed by atoms with E-state index in [-0.39, 0.29) is 12.4 Å². The Morgan fingerprint density at radius 2 is 2.29 bits per heavy atom. The van der Waals surface area contributed by atoms with Crippen LogP contribution in [0.25, 0.3) is 0 Å². The maximum absolute atomic E-state index is 5.71. The zero-order valence-corrected chi connectivity index (χ0v) is 11.3. The lowest BCUT2D eigenvalue weighted by Gasteiger charge is -2.23. The van der Waals surface area contributed by atoms with Crippen LogP contribution in [0.3, 0.4) is 0 Å². The van der Waals surface area contributed by atoms with Gasteiger partial charge in [0.15, 0.2) is 0 Å². The quantitative estimate of drug-likeness (QED) is 0.859. The minimum absolute atomic E-state index is 0. The normalized spacial score (nSPS) is 19.7. The van der Waals surface area contributed by atoms with Crippen LogP contribution in [-0.4, -0.2) is 24.2 Å². The van der Waals surface area contributed by atoms with Crippen molar-refractivity contribution in [3.05, 3.63) is 29.0 Å². The third-order valence-corrected chi connectivity index (χ3v) is 3.01. The molecule has 0 spiro atoms. The average Bonchev–Trinajstić information content (AvgIpc) is 2.33. The minimum atomic E-state index is 0. The Morgan fingerprint density at radius 1 is 1.41 bits per heavy atom. The SMILES string of the molecule is Cl.Clc1ccc(COCC2CCCCN2)cn1. The van der Waals surface area contributed by atoms with Crippen LogP contribution in [0.1, 0.15) is 24.8 Å². The highest BCUT2D eigenvalue weighted by molar-refractivity contribution is 6.29. The van der Waals surface area contributed by atoms with E-state index >= 15 is 0 Å². The van der Waals surface area contributed by atoms with Crippen LogP contribution in [-0.2, 0) is 11.3 Å². The lowest BCUT2D eigenvalue weighted by molar-refractivity contribution is 0.0910. The Balaban J connectivity index is 0.00000144. The fraction of sp³-hybridized carbons (Fsp3) is 0.583. The lowest BCUT2D eigenvalue weighted by atomic mass is 10.1. The summed E-state index contributed by atoms with van der Waals surface area (Å²) in [4.78, 5) is 4.01. The highest BCUT2D eigenvalue weighted by Gasteiger charge is 2.11. The third kappa shape index (κ3) is 5.21. The van der Waals surface area contributed by atoms with E-state index in [1.165, 1.54) is 19.3 Å². The van der Waals surface area contributed by atoms with E-state index in [4.69, 9.17) is 16.3 Å². The van der Waals surface area contributed by atoms with Gasteiger partial charge in [-0.3, -0.25) is 0 Å². The van der Waals surface area contributed by atoms with E-state index in [2.05, 4.69) is 10.3 Å². The van der Waals surface area contributed by atoms with E-state index in [0.717, 1.165) is 18.7 Å². The molecule has 0 saturated carbocycles. The molecule has 1 N–H and O–H groups in total. The monoisotopic (exact) mass is 276 g/mol. The first kappa shape index (κ1) is 14.7. The third-order valence-electron chi connectivity index (χ3n) is 2.79. The predicted molar refractivity (Wildman–Crippen MR) is 71.8 cm³/mol. The molecule has 1 aliphatic heterocycles. The summed E-state index contributed by atoms with van der Waals surface area (Å²) < 4.78 is 5.65. The van der Waals surface area contributed by atoms with Crippen LogP contribution >= 0.6 is 24.0 Å². The molecule has 5 heteroatoms. The Labute approximate surface area is 113 Å². The molecule has 2 rings (SSSR count). The standard InChI is InChI=1S/C12H17ClN2O.ClH/c13-12-5-4-10(7-15-12)8-16-9-11-3-1-2-6-14-11;/h4-5,7,11,14H,1-3,6,8-9H2;1H. The molecule has 0 aromatic carbocycles. The minimum Gasteiger partial charge on any atom is -0.375 e. The number of pyridine rings is 1. The number of hydrogen-bond donors (Lipinski definition) is 1. The summed E-state index contributed by atoms with van der Waals surface area (Å²) in [6.07, 6.45) is 5.58. The smallest absolute Gasteiger partial charge is 0.129 e. The summed E-state index contributed by atoms with van der Waals surface area (Å²) >= 11 is 5.71. The van der Waals surface area contributed by atoms with Crippen molar-refractivity contribution in [3.8, 4) is 0 Å². The van der Waals surface area contributed by atoms with Gasteiger partial charge in [-0.2, -0.15) is 0 Å². The Morgan fingerprint density at radius 3 is 2.94 bits per heavy atom. The molecular formula is C12H18Cl2N2O. The zero-order valence-electron chi connectivity index (χ0n) is 9.69. The van der Waals surface area contributed by atoms with Crippen molar-refractivity contribution in [1.82, 2.24) is 10.3 Å². The summed E-state index contributed by atoms with van der Waals surface area (Å²) in [5.74, 6) is 0. The van der Waals surface area contributed by atoms with Gasteiger partial charge in [-0.1, -0.05) is 24.1 Å². The average molecular weight is 277 g/mol. The van der Waals surface area contributed by atoms with E-state index in [1.54, 1.807) is 12.3 Å². The van der Waals surface area contributed by atoms with Gasteiger partial charge >= 0.3 is 0 Å². The van der Waals surface area contributed by atoms with Crippen molar-refractivity contribution >= 4 is 24.0 Å². The van der Waals surface area contributed by atoms with Crippen LogP contribution in [0.4, 0.5) is 0 Å². The van der Waals surface area contributed by atoms with E-state index in [9.17, 15) is 0 Å². The molecule has 1 fully saturated rings. The Kier molecular flexibility index (Phi) is 6.82. The molecule has 1 saturated heterocycles. The number of rotatable bonds is 4. The number of hydrogen-bond acceptors (Lipinski definition) is 3. The number of nitrogens with one attached hydrogen (secondary N) is 1. The van der Waals surface area contributed by atoms with Crippen molar-refractivity contribution in [3.63, 3.8) is 0 Å². The van der Waals surface area contributed by atoms with Crippen molar-refractivity contribution in [1.29, 1.82) is 0 Å².